The van der Waals surface area contributed by atoms with Gasteiger partial charge in [0.05, 0.1) is 11.0 Å². The minimum absolute atomic E-state index is 0.228. The van der Waals surface area contributed by atoms with Crippen molar-refractivity contribution in [2.24, 2.45) is 11.8 Å². The van der Waals surface area contributed by atoms with E-state index in [4.69, 9.17) is 0 Å². The SMILES string of the molecule is CC(C)S(=O)(=O)CC1CCC(CCc2ccccc2)CC1. The predicted molar refractivity (Wildman–Crippen MR) is 89.1 cm³/mol. The van der Waals surface area contributed by atoms with Crippen LogP contribution < -0.4 is 0 Å². The van der Waals surface area contributed by atoms with Crippen molar-refractivity contribution in [1.29, 1.82) is 0 Å². The molecule has 2 nitrogen and oxygen atoms in total. The number of rotatable bonds is 6. The lowest BCUT2D eigenvalue weighted by molar-refractivity contribution is 0.278. The Hall–Kier alpha value is -0.830. The van der Waals surface area contributed by atoms with Crippen LogP contribution in [0.1, 0.15) is 51.5 Å². The molecule has 21 heavy (non-hydrogen) atoms. The molecular weight excluding hydrogens is 280 g/mol. The van der Waals surface area contributed by atoms with Crippen molar-refractivity contribution in [1.82, 2.24) is 0 Å². The number of benzene rings is 1. The van der Waals surface area contributed by atoms with Crippen LogP contribution in [0.3, 0.4) is 0 Å². The first kappa shape index (κ1) is 16.5. The van der Waals surface area contributed by atoms with Crippen molar-refractivity contribution in [3.63, 3.8) is 0 Å². The van der Waals surface area contributed by atoms with E-state index in [1.54, 1.807) is 13.8 Å². The third-order valence-electron chi connectivity index (χ3n) is 4.84. The summed E-state index contributed by atoms with van der Waals surface area (Å²) in [5.74, 6) is 1.57. The highest BCUT2D eigenvalue weighted by atomic mass is 32.2. The number of sulfone groups is 1. The lowest BCUT2D eigenvalue weighted by atomic mass is 9.80. The molecule has 118 valence electrons. The Morgan fingerprint density at radius 3 is 2.14 bits per heavy atom. The third kappa shape index (κ3) is 5.14. The van der Waals surface area contributed by atoms with Crippen LogP contribution in [0.4, 0.5) is 0 Å². The minimum Gasteiger partial charge on any atom is -0.229 e. The van der Waals surface area contributed by atoms with E-state index in [0.717, 1.165) is 25.2 Å². The average Bonchev–Trinajstić information content (AvgIpc) is 2.47. The van der Waals surface area contributed by atoms with Crippen molar-refractivity contribution in [2.45, 2.75) is 57.6 Å². The summed E-state index contributed by atoms with van der Waals surface area (Å²) in [6.45, 7) is 3.58. The fourth-order valence-electron chi connectivity index (χ4n) is 3.22. The summed E-state index contributed by atoms with van der Waals surface area (Å²) >= 11 is 0. The average molecular weight is 308 g/mol. The molecule has 0 atom stereocenters. The molecule has 0 spiro atoms. The summed E-state index contributed by atoms with van der Waals surface area (Å²) in [6.07, 6.45) is 6.97. The van der Waals surface area contributed by atoms with E-state index >= 15 is 0 Å². The van der Waals surface area contributed by atoms with Gasteiger partial charge in [-0.15, -0.1) is 0 Å². The van der Waals surface area contributed by atoms with Gasteiger partial charge in [-0.2, -0.15) is 0 Å². The summed E-state index contributed by atoms with van der Waals surface area (Å²) in [5, 5.41) is -0.228. The van der Waals surface area contributed by atoms with E-state index in [2.05, 4.69) is 30.3 Å². The van der Waals surface area contributed by atoms with E-state index in [-0.39, 0.29) is 5.25 Å². The standard InChI is InChI=1S/C18H28O2S/c1-15(2)21(19,20)14-18-12-10-17(11-13-18)9-8-16-6-4-3-5-7-16/h3-7,15,17-18H,8-14H2,1-2H3. The van der Waals surface area contributed by atoms with Crippen LogP contribution in [0.25, 0.3) is 0 Å². The third-order valence-corrected chi connectivity index (χ3v) is 7.21. The van der Waals surface area contributed by atoms with Gasteiger partial charge in [0.1, 0.15) is 0 Å². The Labute approximate surface area is 129 Å². The molecule has 0 bridgehead atoms. The summed E-state index contributed by atoms with van der Waals surface area (Å²) < 4.78 is 24.0. The van der Waals surface area contributed by atoms with E-state index in [1.807, 2.05) is 0 Å². The van der Waals surface area contributed by atoms with E-state index in [0.29, 0.717) is 11.7 Å². The van der Waals surface area contributed by atoms with E-state index in [9.17, 15) is 8.42 Å². The monoisotopic (exact) mass is 308 g/mol. The van der Waals surface area contributed by atoms with Crippen LogP contribution >= 0.6 is 0 Å². The van der Waals surface area contributed by atoms with Gasteiger partial charge < -0.3 is 0 Å². The molecule has 0 saturated heterocycles. The largest absolute Gasteiger partial charge is 0.229 e. The number of hydrogen-bond donors (Lipinski definition) is 0. The Morgan fingerprint density at radius 2 is 1.57 bits per heavy atom. The van der Waals surface area contributed by atoms with Crippen LogP contribution in [-0.4, -0.2) is 19.4 Å². The van der Waals surface area contributed by atoms with Gasteiger partial charge in [0.25, 0.3) is 0 Å². The molecule has 1 fully saturated rings. The predicted octanol–water partition coefficient (Wildman–Crippen LogP) is 4.25. The molecular formula is C18H28O2S. The Morgan fingerprint density at radius 1 is 1.00 bits per heavy atom. The second-order valence-electron chi connectivity index (χ2n) is 6.79. The molecule has 0 radical (unpaired) electrons. The van der Waals surface area contributed by atoms with Crippen LogP contribution in [0, 0.1) is 11.8 Å². The summed E-state index contributed by atoms with van der Waals surface area (Å²) in [7, 11) is -2.87. The van der Waals surface area contributed by atoms with Crippen LogP contribution in [0.15, 0.2) is 30.3 Å². The first-order valence-corrected chi connectivity index (χ1v) is 9.94. The highest BCUT2D eigenvalue weighted by Crippen LogP contribution is 2.32. The van der Waals surface area contributed by atoms with E-state index < -0.39 is 9.84 Å². The molecule has 0 heterocycles. The summed E-state index contributed by atoms with van der Waals surface area (Å²) in [5.41, 5.74) is 1.42. The fraction of sp³-hybridized carbons (Fsp3) is 0.667. The van der Waals surface area contributed by atoms with Crippen molar-refractivity contribution < 1.29 is 8.42 Å². The second-order valence-corrected chi connectivity index (χ2v) is 9.39. The maximum atomic E-state index is 12.0. The second kappa shape index (κ2) is 7.44. The maximum absolute atomic E-state index is 12.0. The highest BCUT2D eigenvalue weighted by molar-refractivity contribution is 7.91. The highest BCUT2D eigenvalue weighted by Gasteiger charge is 2.26. The zero-order chi connectivity index (χ0) is 15.3. The minimum atomic E-state index is -2.87. The molecule has 2 rings (SSSR count). The summed E-state index contributed by atoms with van der Waals surface area (Å²) in [6, 6.07) is 10.7. The lowest BCUT2D eigenvalue weighted by Gasteiger charge is -2.28. The molecule has 1 aromatic carbocycles. The first-order valence-electron chi connectivity index (χ1n) is 8.23. The van der Waals surface area contributed by atoms with E-state index in [1.165, 1.54) is 24.8 Å². The maximum Gasteiger partial charge on any atom is 0.152 e. The molecule has 0 N–H and O–H groups in total. The van der Waals surface area contributed by atoms with Crippen molar-refractivity contribution in [2.75, 3.05) is 5.75 Å². The van der Waals surface area contributed by atoms with Gasteiger partial charge in [0.2, 0.25) is 0 Å². The zero-order valence-electron chi connectivity index (χ0n) is 13.3. The molecule has 0 aromatic heterocycles. The number of aryl methyl sites for hydroxylation is 1. The van der Waals surface area contributed by atoms with Crippen LogP contribution in [0.5, 0.6) is 0 Å². The van der Waals surface area contributed by atoms with Gasteiger partial charge in [-0.3, -0.25) is 0 Å². The van der Waals surface area contributed by atoms with Crippen molar-refractivity contribution in [3.05, 3.63) is 35.9 Å². The topological polar surface area (TPSA) is 34.1 Å². The summed E-state index contributed by atoms with van der Waals surface area (Å²) in [4.78, 5) is 0. The van der Waals surface area contributed by atoms with Gasteiger partial charge in [-0.1, -0.05) is 43.2 Å². The number of hydrogen-bond acceptors (Lipinski definition) is 2. The molecule has 0 amide bonds. The first-order chi connectivity index (χ1) is 9.97. The normalized spacial score (nSPS) is 23.4. The van der Waals surface area contributed by atoms with Crippen molar-refractivity contribution in [3.8, 4) is 0 Å². The van der Waals surface area contributed by atoms with Gasteiger partial charge in [0, 0.05) is 0 Å². The molecule has 0 unspecified atom stereocenters. The van der Waals surface area contributed by atoms with Gasteiger partial charge >= 0.3 is 0 Å². The Bertz CT molecular complexity index is 511. The molecule has 1 aromatic rings. The Kier molecular flexibility index (Phi) is 5.86. The molecule has 1 aliphatic rings. The van der Waals surface area contributed by atoms with Crippen molar-refractivity contribution >= 4 is 9.84 Å². The molecule has 1 saturated carbocycles. The Balaban J connectivity index is 1.74. The van der Waals surface area contributed by atoms with Crippen LogP contribution in [0.2, 0.25) is 0 Å². The van der Waals surface area contributed by atoms with Gasteiger partial charge in [-0.05, 0) is 56.9 Å². The molecule has 0 aliphatic heterocycles. The zero-order valence-corrected chi connectivity index (χ0v) is 14.1. The van der Waals surface area contributed by atoms with Gasteiger partial charge in [-0.25, -0.2) is 8.42 Å². The quantitative estimate of drug-likeness (QED) is 0.787. The smallest absolute Gasteiger partial charge is 0.152 e. The molecule has 1 aliphatic carbocycles. The van der Waals surface area contributed by atoms with Crippen LogP contribution in [-0.2, 0) is 16.3 Å². The fourth-order valence-corrected chi connectivity index (χ4v) is 4.60. The molecule has 3 heteroatoms. The van der Waals surface area contributed by atoms with Gasteiger partial charge in [0.15, 0.2) is 9.84 Å². The lowest BCUT2D eigenvalue weighted by Crippen LogP contribution is -2.26.